The van der Waals surface area contributed by atoms with Crippen molar-refractivity contribution in [2.24, 2.45) is 0 Å². The maximum Gasteiger partial charge on any atom is 0.273 e. The summed E-state index contributed by atoms with van der Waals surface area (Å²) in [5.74, 6) is 1.09. The van der Waals surface area contributed by atoms with Gasteiger partial charge in [-0.2, -0.15) is 4.31 Å². The molecule has 184 valence electrons. The number of sulfonamides is 1. The Labute approximate surface area is 201 Å². The summed E-state index contributed by atoms with van der Waals surface area (Å²) in [5.41, 5.74) is 1.41. The van der Waals surface area contributed by atoms with E-state index in [9.17, 15) is 13.2 Å². The average Bonchev–Trinajstić information content (AvgIpc) is 3.32. The lowest BCUT2D eigenvalue weighted by Gasteiger charge is -2.39. The molecule has 3 aliphatic rings. The van der Waals surface area contributed by atoms with E-state index < -0.39 is 10.0 Å². The summed E-state index contributed by atoms with van der Waals surface area (Å²) >= 11 is 0. The monoisotopic (exact) mass is 486 g/mol. The minimum Gasteiger partial charge on any atom is -0.360 e. The molecule has 1 aliphatic carbocycles. The van der Waals surface area contributed by atoms with E-state index in [-0.39, 0.29) is 23.7 Å². The van der Waals surface area contributed by atoms with Crippen molar-refractivity contribution in [1.29, 1.82) is 0 Å². The Morgan fingerprint density at radius 2 is 1.85 bits per heavy atom. The lowest BCUT2D eigenvalue weighted by atomic mass is 9.94. The number of benzene rings is 1. The Hall–Kier alpha value is -2.23. The number of amides is 1. The van der Waals surface area contributed by atoms with E-state index in [1.807, 2.05) is 30.3 Å². The van der Waals surface area contributed by atoms with Crippen LogP contribution in [0.4, 0.5) is 0 Å². The van der Waals surface area contributed by atoms with Gasteiger partial charge in [0.1, 0.15) is 5.76 Å². The molecule has 0 bridgehead atoms. The molecule has 2 atom stereocenters. The molecule has 5 rings (SSSR count). The number of nitrogens with zero attached hydrogens (tertiary/aromatic N) is 3. The first-order valence-electron chi connectivity index (χ1n) is 12.5. The van der Waals surface area contributed by atoms with Crippen molar-refractivity contribution >= 4 is 15.9 Å². The van der Waals surface area contributed by atoms with Crippen LogP contribution in [0.3, 0.4) is 0 Å². The van der Waals surface area contributed by atoms with Gasteiger partial charge in [0.2, 0.25) is 10.0 Å². The zero-order valence-electron chi connectivity index (χ0n) is 19.6. The highest BCUT2D eigenvalue weighted by Crippen LogP contribution is 2.40. The number of likely N-dealkylation sites (tertiary alicyclic amines) is 1. The average molecular weight is 487 g/mol. The van der Waals surface area contributed by atoms with Crippen LogP contribution >= 0.6 is 0 Å². The van der Waals surface area contributed by atoms with Crippen molar-refractivity contribution in [3.8, 4) is 0 Å². The van der Waals surface area contributed by atoms with Gasteiger partial charge in [-0.05, 0) is 63.6 Å². The molecule has 34 heavy (non-hydrogen) atoms. The van der Waals surface area contributed by atoms with Crippen LogP contribution in [-0.2, 0) is 16.4 Å². The minimum atomic E-state index is -3.39. The summed E-state index contributed by atoms with van der Waals surface area (Å²) in [7, 11) is -3.39. The van der Waals surface area contributed by atoms with Crippen LogP contribution in [0.2, 0.25) is 0 Å². The van der Waals surface area contributed by atoms with Crippen LogP contribution < -0.4 is 5.32 Å². The highest BCUT2D eigenvalue weighted by Gasteiger charge is 2.37. The SMILES string of the molecule is O=C(N[C@H]1CCN(S(=O)(=O)CCN2CCCC2)[C@H](Cc2ccccc2)C1)c1cc(C2CC2)on1. The van der Waals surface area contributed by atoms with Crippen molar-refractivity contribution in [3.63, 3.8) is 0 Å². The van der Waals surface area contributed by atoms with Gasteiger partial charge in [-0.3, -0.25) is 4.79 Å². The number of nitrogens with one attached hydrogen (secondary N) is 1. The third-order valence-electron chi connectivity index (χ3n) is 7.27. The molecule has 1 aromatic heterocycles. The van der Waals surface area contributed by atoms with E-state index >= 15 is 0 Å². The Balaban J connectivity index is 1.26. The van der Waals surface area contributed by atoms with Crippen LogP contribution in [0.15, 0.2) is 40.9 Å². The predicted octanol–water partition coefficient (Wildman–Crippen LogP) is 2.78. The van der Waals surface area contributed by atoms with Gasteiger partial charge in [0.25, 0.3) is 5.91 Å². The van der Waals surface area contributed by atoms with Crippen molar-refractivity contribution in [3.05, 3.63) is 53.4 Å². The van der Waals surface area contributed by atoms with Crippen LogP contribution in [0.1, 0.15) is 66.3 Å². The van der Waals surface area contributed by atoms with E-state index in [2.05, 4.69) is 15.4 Å². The zero-order valence-corrected chi connectivity index (χ0v) is 20.4. The molecule has 1 aromatic carbocycles. The third-order valence-corrected chi connectivity index (χ3v) is 9.17. The topological polar surface area (TPSA) is 95.8 Å². The van der Waals surface area contributed by atoms with Crippen molar-refractivity contribution in [2.45, 2.75) is 62.9 Å². The van der Waals surface area contributed by atoms with Crippen LogP contribution in [0.5, 0.6) is 0 Å². The molecule has 1 saturated carbocycles. The number of hydrogen-bond donors (Lipinski definition) is 1. The van der Waals surface area contributed by atoms with Gasteiger partial charge in [-0.15, -0.1) is 0 Å². The Morgan fingerprint density at radius 1 is 1.09 bits per heavy atom. The summed E-state index contributed by atoms with van der Waals surface area (Å²) in [6, 6.07) is 11.4. The maximum atomic E-state index is 13.4. The molecule has 1 N–H and O–H groups in total. The lowest BCUT2D eigenvalue weighted by molar-refractivity contribution is 0.0902. The number of carbonyl (C=O) groups is 1. The molecule has 0 radical (unpaired) electrons. The highest BCUT2D eigenvalue weighted by molar-refractivity contribution is 7.89. The second kappa shape index (κ2) is 10.2. The van der Waals surface area contributed by atoms with Crippen molar-refractivity contribution in [1.82, 2.24) is 19.7 Å². The molecule has 3 fully saturated rings. The Bertz CT molecular complexity index is 1080. The van der Waals surface area contributed by atoms with E-state index in [0.717, 1.165) is 50.1 Å². The largest absolute Gasteiger partial charge is 0.360 e. The third kappa shape index (κ3) is 5.70. The smallest absolute Gasteiger partial charge is 0.273 e. The normalized spacial score (nSPS) is 24.4. The molecule has 0 unspecified atom stereocenters. The number of aromatic nitrogens is 1. The number of rotatable bonds is 9. The second-order valence-corrected chi connectivity index (χ2v) is 11.9. The van der Waals surface area contributed by atoms with E-state index in [1.165, 1.54) is 0 Å². The molecule has 3 heterocycles. The summed E-state index contributed by atoms with van der Waals surface area (Å²) in [4.78, 5) is 15.0. The van der Waals surface area contributed by atoms with Crippen molar-refractivity contribution in [2.75, 3.05) is 31.9 Å². The second-order valence-electron chi connectivity index (χ2n) is 9.90. The summed E-state index contributed by atoms with van der Waals surface area (Å²) < 4.78 is 33.7. The molecule has 2 aromatic rings. The Morgan fingerprint density at radius 3 is 2.59 bits per heavy atom. The van der Waals surface area contributed by atoms with Gasteiger partial charge in [0.05, 0.1) is 5.75 Å². The first-order valence-corrected chi connectivity index (χ1v) is 14.1. The van der Waals surface area contributed by atoms with Crippen LogP contribution in [0.25, 0.3) is 0 Å². The summed E-state index contributed by atoms with van der Waals surface area (Å²) in [6.45, 7) is 2.98. The molecule has 9 heteroatoms. The number of hydrogen-bond acceptors (Lipinski definition) is 6. The van der Waals surface area contributed by atoms with E-state index in [4.69, 9.17) is 4.52 Å². The standard InChI is InChI=1S/C25H34N4O4S/c30-25(23-18-24(33-27-23)20-8-9-20)26-21-10-13-29(22(17-21)16-19-6-2-1-3-7-19)34(31,32)15-14-28-11-4-5-12-28/h1-3,6-7,18,20-22H,4-5,8-17H2,(H,26,30)/t21-,22+/m0/s1. The highest BCUT2D eigenvalue weighted by atomic mass is 32.2. The molecule has 0 spiro atoms. The van der Waals surface area contributed by atoms with Gasteiger partial charge in [-0.1, -0.05) is 35.5 Å². The molecule has 2 saturated heterocycles. The molecular formula is C25H34N4O4S. The van der Waals surface area contributed by atoms with E-state index in [1.54, 1.807) is 10.4 Å². The van der Waals surface area contributed by atoms with Crippen LogP contribution in [-0.4, -0.2) is 72.7 Å². The zero-order chi connectivity index (χ0) is 23.5. The fourth-order valence-electron chi connectivity index (χ4n) is 5.18. The fraction of sp³-hybridized carbons (Fsp3) is 0.600. The van der Waals surface area contributed by atoms with Gasteiger partial charge >= 0.3 is 0 Å². The summed E-state index contributed by atoms with van der Waals surface area (Å²) in [5, 5.41) is 7.03. The van der Waals surface area contributed by atoms with Gasteiger partial charge < -0.3 is 14.7 Å². The quantitative estimate of drug-likeness (QED) is 0.586. The molecule has 1 amide bonds. The first-order chi connectivity index (χ1) is 16.5. The fourth-order valence-corrected chi connectivity index (χ4v) is 6.90. The van der Waals surface area contributed by atoms with Gasteiger partial charge in [0, 0.05) is 37.2 Å². The predicted molar refractivity (Wildman–Crippen MR) is 129 cm³/mol. The minimum absolute atomic E-state index is 0.104. The number of carbonyl (C=O) groups excluding carboxylic acids is 1. The van der Waals surface area contributed by atoms with Crippen molar-refractivity contribution < 1.29 is 17.7 Å². The Kier molecular flexibility index (Phi) is 7.04. The molecule has 2 aliphatic heterocycles. The molecule has 8 nitrogen and oxygen atoms in total. The van der Waals surface area contributed by atoms with E-state index in [0.29, 0.717) is 44.0 Å². The summed E-state index contributed by atoms with van der Waals surface area (Å²) in [6.07, 6.45) is 6.27. The lowest BCUT2D eigenvalue weighted by Crippen LogP contribution is -2.53. The maximum absolute atomic E-state index is 13.4. The first kappa shape index (κ1) is 23.5. The molecular weight excluding hydrogens is 452 g/mol. The number of piperidine rings is 1. The van der Waals surface area contributed by atoms with Crippen LogP contribution in [0, 0.1) is 0 Å². The van der Waals surface area contributed by atoms with Gasteiger partial charge in [0.15, 0.2) is 5.69 Å². The van der Waals surface area contributed by atoms with Gasteiger partial charge in [-0.25, -0.2) is 8.42 Å².